The summed E-state index contributed by atoms with van der Waals surface area (Å²) in [5.41, 5.74) is 1.19. The Hall–Kier alpha value is -1.12. The molecular weight excluding hydrogens is 214 g/mol. The molecule has 0 aliphatic rings. The van der Waals surface area contributed by atoms with Crippen molar-refractivity contribution in [3.63, 3.8) is 0 Å². The summed E-state index contributed by atoms with van der Waals surface area (Å²) in [6.07, 6.45) is 2.32. The number of hydrogen-bond acceptors (Lipinski definition) is 2. The monoisotopic (exact) mass is 240 g/mol. The third-order valence-electron chi connectivity index (χ3n) is 2.93. The minimum absolute atomic E-state index is 0.0950. The second-order valence-electron chi connectivity index (χ2n) is 4.84. The summed E-state index contributed by atoms with van der Waals surface area (Å²) >= 11 is 0. The number of ketones is 1. The first-order valence-electron chi connectivity index (χ1n) is 6.26. The highest BCUT2D eigenvalue weighted by Gasteiger charge is 2.19. The van der Waals surface area contributed by atoms with Gasteiger partial charge in [-0.25, -0.2) is 4.58 Å². The van der Waals surface area contributed by atoms with E-state index in [2.05, 4.69) is 32.3 Å². The van der Waals surface area contributed by atoms with E-state index in [9.17, 15) is 9.90 Å². The highest BCUT2D eigenvalue weighted by Crippen LogP contribution is 2.11. The third-order valence-corrected chi connectivity index (χ3v) is 2.93. The zero-order valence-corrected chi connectivity index (χ0v) is 11.9. The number of aliphatic hydroxyl groups is 1. The number of Topliss-reactive ketones (excluding diaryl/α,β-unsaturated/α-hetero) is 1. The molecule has 0 aromatic heterocycles. The van der Waals surface area contributed by atoms with Crippen molar-refractivity contribution in [2.75, 3.05) is 6.54 Å². The molecule has 0 spiro atoms. The van der Waals surface area contributed by atoms with Crippen molar-refractivity contribution in [2.24, 2.45) is 5.92 Å². The molecule has 3 heteroatoms. The molecule has 3 nitrogen and oxygen atoms in total. The largest absolute Gasteiger partial charge is 0.513 e. The van der Waals surface area contributed by atoms with E-state index >= 15 is 0 Å². The second-order valence-corrected chi connectivity index (χ2v) is 4.84. The van der Waals surface area contributed by atoms with E-state index in [1.807, 2.05) is 0 Å². The minimum Gasteiger partial charge on any atom is -0.513 e. The molecule has 98 valence electrons. The molecule has 1 N–H and O–H groups in total. The Kier molecular flexibility index (Phi) is 6.78. The van der Waals surface area contributed by atoms with Crippen molar-refractivity contribution in [2.45, 2.75) is 54.0 Å². The van der Waals surface area contributed by atoms with Gasteiger partial charge < -0.3 is 5.11 Å². The van der Waals surface area contributed by atoms with Gasteiger partial charge in [-0.15, -0.1) is 0 Å². The number of rotatable bonds is 6. The van der Waals surface area contributed by atoms with Gasteiger partial charge in [-0.05, 0) is 40.7 Å². The topological polar surface area (TPSA) is 40.3 Å². The van der Waals surface area contributed by atoms with Gasteiger partial charge in [0.15, 0.2) is 0 Å². The molecule has 0 radical (unpaired) electrons. The van der Waals surface area contributed by atoms with Crippen molar-refractivity contribution in [3.05, 3.63) is 11.8 Å². The number of carbonyl (C=O) groups is 1. The fraction of sp³-hybridized carbons (Fsp3) is 0.714. The van der Waals surface area contributed by atoms with E-state index < -0.39 is 0 Å². The predicted molar refractivity (Wildman–Crippen MR) is 71.8 cm³/mol. The van der Waals surface area contributed by atoms with Crippen LogP contribution in [0.4, 0.5) is 0 Å². The van der Waals surface area contributed by atoms with Crippen molar-refractivity contribution >= 4 is 11.5 Å². The normalized spacial score (nSPS) is 15.8. The smallest absolute Gasteiger partial charge is 0.150 e. The van der Waals surface area contributed by atoms with E-state index in [1.165, 1.54) is 5.71 Å². The summed E-state index contributed by atoms with van der Waals surface area (Å²) in [5.74, 6) is 0.0935. The van der Waals surface area contributed by atoms with Crippen LogP contribution in [-0.4, -0.2) is 33.8 Å². The van der Waals surface area contributed by atoms with Gasteiger partial charge in [0.05, 0.1) is 5.76 Å². The third kappa shape index (κ3) is 5.66. The maximum Gasteiger partial charge on any atom is 0.150 e. The molecule has 0 saturated heterocycles. The average Bonchev–Trinajstić information content (AvgIpc) is 2.15. The van der Waals surface area contributed by atoms with Crippen molar-refractivity contribution < 1.29 is 14.5 Å². The maximum atomic E-state index is 11.5. The van der Waals surface area contributed by atoms with Gasteiger partial charge in [0.25, 0.3) is 0 Å². The van der Waals surface area contributed by atoms with Crippen LogP contribution in [0.25, 0.3) is 0 Å². The highest BCUT2D eigenvalue weighted by atomic mass is 16.3. The molecule has 0 rings (SSSR count). The zero-order chi connectivity index (χ0) is 13.6. The van der Waals surface area contributed by atoms with Gasteiger partial charge in [0, 0.05) is 19.3 Å². The van der Waals surface area contributed by atoms with Crippen LogP contribution in [0, 0.1) is 5.92 Å². The molecule has 0 fully saturated rings. The molecule has 0 aromatic carbocycles. The number of carbonyl (C=O) groups excluding carboxylic acids is 1. The summed E-state index contributed by atoms with van der Waals surface area (Å²) in [4.78, 5) is 11.5. The molecule has 1 atom stereocenters. The standard InChI is InChI=1S/C14H25NO2/c1-7-15(10(2)3)11(4)8-14(13(6)17)9-12(5)16/h9-10,14H,7-8H2,1-6H3/p+1/b12-9-,15-11?. The van der Waals surface area contributed by atoms with Gasteiger partial charge in [0.2, 0.25) is 0 Å². The molecular formula is C14H26NO2+. The first kappa shape index (κ1) is 15.9. The first-order chi connectivity index (χ1) is 7.79. The average molecular weight is 240 g/mol. The lowest BCUT2D eigenvalue weighted by Gasteiger charge is -2.12. The van der Waals surface area contributed by atoms with Crippen LogP contribution in [0.15, 0.2) is 11.8 Å². The lowest BCUT2D eigenvalue weighted by molar-refractivity contribution is -0.556. The summed E-state index contributed by atoms with van der Waals surface area (Å²) in [6, 6.07) is 0.437. The predicted octanol–water partition coefficient (Wildman–Crippen LogP) is 2.95. The van der Waals surface area contributed by atoms with Crippen molar-refractivity contribution in [3.8, 4) is 0 Å². The number of nitrogens with zero attached hydrogens (tertiary/aromatic N) is 1. The molecule has 0 heterocycles. The Morgan fingerprint density at radius 3 is 2.12 bits per heavy atom. The Morgan fingerprint density at radius 1 is 1.29 bits per heavy atom. The van der Waals surface area contributed by atoms with Crippen LogP contribution in [0.1, 0.15) is 48.0 Å². The Bertz CT molecular complexity index is 323. The molecule has 0 aromatic rings. The fourth-order valence-electron chi connectivity index (χ4n) is 2.12. The van der Waals surface area contributed by atoms with E-state index in [0.29, 0.717) is 12.5 Å². The summed E-state index contributed by atoms with van der Waals surface area (Å²) in [5, 5.41) is 9.28. The Morgan fingerprint density at radius 2 is 1.82 bits per heavy atom. The molecule has 0 amide bonds. The highest BCUT2D eigenvalue weighted by molar-refractivity contribution is 5.87. The second kappa shape index (κ2) is 7.25. The maximum absolute atomic E-state index is 11.5. The molecule has 0 aliphatic heterocycles. The van der Waals surface area contributed by atoms with Crippen molar-refractivity contribution in [1.29, 1.82) is 0 Å². The van der Waals surface area contributed by atoms with Gasteiger partial charge in [0.1, 0.15) is 24.1 Å². The van der Waals surface area contributed by atoms with Crippen LogP contribution in [0.3, 0.4) is 0 Å². The summed E-state index contributed by atoms with van der Waals surface area (Å²) in [7, 11) is 0. The van der Waals surface area contributed by atoms with Crippen LogP contribution >= 0.6 is 0 Å². The van der Waals surface area contributed by atoms with E-state index in [-0.39, 0.29) is 17.5 Å². The molecule has 17 heavy (non-hydrogen) atoms. The quantitative estimate of drug-likeness (QED) is 0.440. The SMILES string of the molecule is CC[N+](=C(C)CC(/C=C(/C)O)C(C)=O)C(C)C. The molecule has 0 bridgehead atoms. The molecule has 0 saturated carbocycles. The van der Waals surface area contributed by atoms with E-state index in [4.69, 9.17) is 0 Å². The van der Waals surface area contributed by atoms with Gasteiger partial charge >= 0.3 is 0 Å². The van der Waals surface area contributed by atoms with Gasteiger partial charge in [-0.1, -0.05) is 0 Å². The molecule has 1 unspecified atom stereocenters. The van der Waals surface area contributed by atoms with Crippen LogP contribution in [0.5, 0.6) is 0 Å². The fourth-order valence-corrected chi connectivity index (χ4v) is 2.12. The van der Waals surface area contributed by atoms with E-state index in [0.717, 1.165) is 6.54 Å². The van der Waals surface area contributed by atoms with Crippen molar-refractivity contribution in [1.82, 2.24) is 0 Å². The van der Waals surface area contributed by atoms with Crippen LogP contribution in [-0.2, 0) is 4.79 Å². The molecule has 0 aliphatic carbocycles. The Balaban J connectivity index is 5.00. The Labute approximate surface area is 105 Å². The number of hydrogen-bond donors (Lipinski definition) is 1. The minimum atomic E-state index is -0.215. The van der Waals surface area contributed by atoms with Gasteiger partial charge in [-0.2, -0.15) is 0 Å². The first-order valence-corrected chi connectivity index (χ1v) is 6.26. The van der Waals surface area contributed by atoms with Crippen LogP contribution in [0.2, 0.25) is 0 Å². The van der Waals surface area contributed by atoms with Gasteiger partial charge in [-0.3, -0.25) is 4.79 Å². The number of aliphatic hydroxyl groups excluding tert-OH is 1. The lowest BCUT2D eigenvalue weighted by atomic mass is 9.97. The van der Waals surface area contributed by atoms with Crippen LogP contribution < -0.4 is 0 Å². The summed E-state index contributed by atoms with van der Waals surface area (Å²) < 4.78 is 2.27. The number of allylic oxidation sites excluding steroid dienone is 2. The zero-order valence-electron chi connectivity index (χ0n) is 11.9. The van der Waals surface area contributed by atoms with E-state index in [1.54, 1.807) is 19.9 Å². The lowest BCUT2D eigenvalue weighted by Crippen LogP contribution is -2.28. The summed E-state index contributed by atoms with van der Waals surface area (Å²) in [6.45, 7) is 12.6.